The summed E-state index contributed by atoms with van der Waals surface area (Å²) in [5, 5.41) is 27.1. The quantitative estimate of drug-likeness (QED) is 0.164. The van der Waals surface area contributed by atoms with Crippen LogP contribution in [0.4, 0.5) is 0 Å². The lowest BCUT2D eigenvalue weighted by Crippen LogP contribution is -2.10. The molecule has 12 nitrogen and oxygen atoms in total. The van der Waals surface area contributed by atoms with E-state index in [-0.39, 0.29) is 12.4 Å². The van der Waals surface area contributed by atoms with Gasteiger partial charge in [-0.3, -0.25) is 0 Å². The van der Waals surface area contributed by atoms with Gasteiger partial charge >= 0.3 is 0 Å². The Balaban J connectivity index is 0.000000201. The van der Waals surface area contributed by atoms with Gasteiger partial charge in [-0.2, -0.15) is 0 Å². The molecule has 0 unspecified atom stereocenters. The zero-order valence-electron chi connectivity index (χ0n) is 27.2. The predicted octanol–water partition coefficient (Wildman–Crippen LogP) is 7.73. The Labute approximate surface area is 326 Å². The van der Waals surface area contributed by atoms with E-state index in [0.717, 1.165) is 47.2 Å². The van der Waals surface area contributed by atoms with Crippen LogP contribution in [0.2, 0.25) is 30.1 Å². The Hall–Kier alpha value is -3.01. The summed E-state index contributed by atoms with van der Waals surface area (Å²) in [7, 11) is 7.94. The van der Waals surface area contributed by atoms with Crippen molar-refractivity contribution >= 4 is 82.0 Å². The number of nitrogens with zero attached hydrogens (tertiary/aromatic N) is 11. The molecule has 0 aliphatic carbocycles. The third-order valence-corrected chi connectivity index (χ3v) is 8.51. The summed E-state index contributed by atoms with van der Waals surface area (Å²) >= 11 is 35.3. The standard InChI is InChI=1S/2C11H12Cl2N4.C9H8Cl2N4.ClH/c2*1-16(2)6-8-7-17(15-14-8)9-3-4-10(12)11(13)5-9;10-8-2-1-7(3-9(8)11)15-5-6(4-12)13-14-15;/h2*3-5,7H,6H2,1-2H3;1-3,5H,4,12H2;1H. The fourth-order valence-electron chi connectivity index (χ4n) is 4.04. The summed E-state index contributed by atoms with van der Waals surface area (Å²) in [5.74, 6) is 0. The van der Waals surface area contributed by atoms with Crippen LogP contribution >= 0.6 is 82.0 Å². The van der Waals surface area contributed by atoms with Gasteiger partial charge in [-0.1, -0.05) is 85.2 Å². The van der Waals surface area contributed by atoms with Crippen molar-refractivity contribution in [3.8, 4) is 17.1 Å². The van der Waals surface area contributed by atoms with Crippen molar-refractivity contribution in [3.05, 3.63) is 120 Å². The highest BCUT2D eigenvalue weighted by Gasteiger charge is 2.08. The van der Waals surface area contributed by atoms with Gasteiger partial charge in [0.15, 0.2) is 0 Å². The van der Waals surface area contributed by atoms with E-state index in [1.165, 1.54) is 0 Å². The van der Waals surface area contributed by atoms with Gasteiger partial charge in [-0.05, 0) is 82.8 Å². The lowest BCUT2D eigenvalue weighted by atomic mass is 10.3. The fourth-order valence-corrected chi connectivity index (χ4v) is 4.92. The summed E-state index contributed by atoms with van der Waals surface area (Å²) in [6, 6.07) is 15.9. The minimum atomic E-state index is 0. The number of hydrogen-bond donors (Lipinski definition) is 1. The van der Waals surface area contributed by atoms with Gasteiger partial charge < -0.3 is 15.5 Å². The second-order valence-electron chi connectivity index (χ2n) is 10.9. The highest BCUT2D eigenvalue weighted by Crippen LogP contribution is 2.26. The molecular weight excluding hydrogens is 789 g/mol. The smallest absolute Gasteiger partial charge is 0.0971 e. The van der Waals surface area contributed by atoms with E-state index in [2.05, 4.69) is 30.9 Å². The Morgan fingerprint density at radius 3 is 1.06 bits per heavy atom. The Morgan fingerprint density at radius 2 is 0.800 bits per heavy atom. The minimum absolute atomic E-state index is 0. The molecule has 0 saturated heterocycles. The lowest BCUT2D eigenvalue weighted by molar-refractivity contribution is 0.396. The van der Waals surface area contributed by atoms with E-state index in [9.17, 15) is 0 Å². The van der Waals surface area contributed by atoms with E-state index >= 15 is 0 Å². The van der Waals surface area contributed by atoms with Gasteiger partial charge in [0.1, 0.15) is 0 Å². The SMILES string of the molecule is CN(C)Cc1cn(-c2ccc(Cl)c(Cl)c2)nn1.CN(C)Cc1cn(-c2ccc(Cl)c(Cl)c2)nn1.Cl.NCc1cn(-c2ccc(Cl)c(Cl)c2)nn1. The van der Waals surface area contributed by atoms with Gasteiger partial charge in [0, 0.05) is 19.6 Å². The molecule has 6 rings (SSSR count). The van der Waals surface area contributed by atoms with E-state index < -0.39 is 0 Å². The first-order valence-corrected chi connectivity index (χ1v) is 16.7. The van der Waals surface area contributed by atoms with Gasteiger partial charge in [0.2, 0.25) is 0 Å². The number of benzene rings is 3. The number of halogens is 7. The highest BCUT2D eigenvalue weighted by atomic mass is 35.5. The van der Waals surface area contributed by atoms with E-state index in [0.29, 0.717) is 36.7 Å². The average Bonchev–Trinajstić information content (AvgIpc) is 3.83. The van der Waals surface area contributed by atoms with Crippen LogP contribution < -0.4 is 5.73 Å². The van der Waals surface area contributed by atoms with Crippen LogP contribution in [0.3, 0.4) is 0 Å². The van der Waals surface area contributed by atoms with Crippen LogP contribution in [0.15, 0.2) is 73.2 Å². The maximum Gasteiger partial charge on any atom is 0.0971 e. The molecule has 266 valence electrons. The van der Waals surface area contributed by atoms with Gasteiger partial charge in [-0.25, -0.2) is 14.0 Å². The second-order valence-corrected chi connectivity index (χ2v) is 13.4. The number of rotatable bonds is 8. The first-order chi connectivity index (χ1) is 23.3. The molecular formula is C31H33Cl7N12. The molecule has 0 aliphatic heterocycles. The molecule has 3 heterocycles. The lowest BCUT2D eigenvalue weighted by Gasteiger charge is -2.05. The second kappa shape index (κ2) is 19.6. The molecule has 0 aliphatic rings. The van der Waals surface area contributed by atoms with E-state index in [4.69, 9.17) is 75.3 Å². The molecule has 3 aromatic carbocycles. The summed E-state index contributed by atoms with van der Waals surface area (Å²) in [6.07, 6.45) is 5.50. The molecule has 50 heavy (non-hydrogen) atoms. The van der Waals surface area contributed by atoms with Crippen molar-refractivity contribution in [1.82, 2.24) is 54.8 Å². The van der Waals surface area contributed by atoms with Gasteiger partial charge in [0.25, 0.3) is 0 Å². The fraction of sp³-hybridized carbons (Fsp3) is 0.226. The third-order valence-electron chi connectivity index (χ3n) is 6.29. The first-order valence-electron chi connectivity index (χ1n) is 14.4. The largest absolute Gasteiger partial charge is 0.325 e. The Bertz CT molecular complexity index is 1880. The van der Waals surface area contributed by atoms with Crippen LogP contribution in [0.1, 0.15) is 17.1 Å². The molecule has 0 fully saturated rings. The van der Waals surface area contributed by atoms with Gasteiger partial charge in [-0.15, -0.1) is 27.7 Å². The highest BCUT2D eigenvalue weighted by molar-refractivity contribution is 6.43. The molecule has 0 spiro atoms. The molecule has 19 heteroatoms. The van der Waals surface area contributed by atoms with Gasteiger partial charge in [0.05, 0.1) is 82.9 Å². The molecule has 0 atom stereocenters. The maximum absolute atomic E-state index is 5.95. The Morgan fingerprint density at radius 1 is 0.500 bits per heavy atom. The van der Waals surface area contributed by atoms with Crippen molar-refractivity contribution in [1.29, 1.82) is 0 Å². The van der Waals surface area contributed by atoms with Crippen molar-refractivity contribution in [2.24, 2.45) is 5.73 Å². The molecule has 0 bridgehead atoms. The molecule has 0 saturated carbocycles. The molecule has 0 amide bonds. The summed E-state index contributed by atoms with van der Waals surface area (Å²) in [5.41, 5.74) is 10.5. The topological polar surface area (TPSA) is 125 Å². The van der Waals surface area contributed by atoms with Crippen molar-refractivity contribution in [3.63, 3.8) is 0 Å². The van der Waals surface area contributed by atoms with Crippen molar-refractivity contribution in [2.45, 2.75) is 19.6 Å². The number of nitrogens with two attached hydrogens (primary N) is 1. The van der Waals surface area contributed by atoms with Crippen molar-refractivity contribution in [2.75, 3.05) is 28.2 Å². The van der Waals surface area contributed by atoms with Crippen LogP contribution in [-0.4, -0.2) is 83.0 Å². The number of aromatic nitrogens is 9. The molecule has 3 aromatic heterocycles. The first kappa shape index (κ1) is 41.4. The normalized spacial score (nSPS) is 10.7. The average molecular weight is 822 g/mol. The Kier molecular flexibility index (Phi) is 16.2. The zero-order valence-corrected chi connectivity index (χ0v) is 32.6. The van der Waals surface area contributed by atoms with E-state index in [1.54, 1.807) is 56.6 Å². The zero-order chi connectivity index (χ0) is 35.7. The summed E-state index contributed by atoms with van der Waals surface area (Å²) < 4.78 is 4.96. The number of hydrogen-bond acceptors (Lipinski definition) is 9. The molecule has 0 radical (unpaired) electrons. The van der Waals surface area contributed by atoms with Crippen LogP contribution in [0.25, 0.3) is 17.1 Å². The third kappa shape index (κ3) is 12.1. The monoisotopic (exact) mass is 818 g/mol. The molecule has 2 N–H and O–H groups in total. The maximum atomic E-state index is 5.95. The van der Waals surface area contributed by atoms with Crippen LogP contribution in [0, 0.1) is 0 Å². The minimum Gasteiger partial charge on any atom is -0.325 e. The van der Waals surface area contributed by atoms with Crippen molar-refractivity contribution < 1.29 is 0 Å². The van der Waals surface area contributed by atoms with E-state index in [1.807, 2.05) is 68.6 Å². The summed E-state index contributed by atoms with van der Waals surface area (Å²) in [6.45, 7) is 1.87. The predicted molar refractivity (Wildman–Crippen MR) is 204 cm³/mol. The summed E-state index contributed by atoms with van der Waals surface area (Å²) in [4.78, 5) is 4.06. The molecule has 6 aromatic rings. The van der Waals surface area contributed by atoms with Crippen LogP contribution in [0.5, 0.6) is 0 Å². The van der Waals surface area contributed by atoms with Crippen LogP contribution in [-0.2, 0) is 19.6 Å².